The molecule has 1 aliphatic rings. The van der Waals surface area contributed by atoms with Gasteiger partial charge in [-0.1, -0.05) is 35.5 Å². The van der Waals surface area contributed by atoms with Crippen LogP contribution in [0.5, 0.6) is 0 Å². The molecule has 0 N–H and O–H groups in total. The van der Waals surface area contributed by atoms with Gasteiger partial charge in [0, 0.05) is 22.5 Å². The summed E-state index contributed by atoms with van der Waals surface area (Å²) < 4.78 is 0.331. The van der Waals surface area contributed by atoms with Crippen molar-refractivity contribution in [1.82, 2.24) is 0 Å². The maximum absolute atomic E-state index is 11.4. The zero-order valence-electron chi connectivity index (χ0n) is 12.0. The number of benzene rings is 2. The van der Waals surface area contributed by atoms with Gasteiger partial charge >= 0.3 is 0 Å². The van der Waals surface area contributed by atoms with Crippen LogP contribution in [0.1, 0.15) is 15.7 Å². The second-order valence-corrected chi connectivity index (χ2v) is 8.81. The second-order valence-electron chi connectivity index (χ2n) is 4.97. The summed E-state index contributed by atoms with van der Waals surface area (Å²) in [6, 6.07) is 13.7. The molecule has 1 heterocycles. The highest BCUT2D eigenvalue weighted by Gasteiger charge is 2.23. The molecular weight excluding hydrogens is 334 g/mol. The molecule has 3 nitrogen and oxygen atoms in total. The molecule has 1 aliphatic heterocycles. The van der Waals surface area contributed by atoms with Crippen LogP contribution in [-0.4, -0.2) is 16.4 Å². The van der Waals surface area contributed by atoms with E-state index in [9.17, 15) is 10.1 Å². The van der Waals surface area contributed by atoms with E-state index in [0.717, 1.165) is 22.0 Å². The summed E-state index contributed by atoms with van der Waals surface area (Å²) in [5, 5.41) is 11.4. The minimum atomic E-state index is -0.274. The van der Waals surface area contributed by atoms with E-state index < -0.39 is 0 Å². The van der Waals surface area contributed by atoms with Crippen LogP contribution in [-0.2, 0) is 0 Å². The molecular formula is C16H15NO2S3. The third-order valence-corrected chi connectivity index (χ3v) is 7.50. The predicted octanol–water partition coefficient (Wildman–Crippen LogP) is 5.53. The van der Waals surface area contributed by atoms with Crippen LogP contribution in [0, 0.1) is 17.0 Å². The smallest absolute Gasteiger partial charge is 0.258 e. The lowest BCUT2D eigenvalue weighted by Gasteiger charge is -2.10. The number of nitro groups is 1. The number of aryl methyl sites for hydroxylation is 1. The van der Waals surface area contributed by atoms with Crippen molar-refractivity contribution in [2.75, 3.05) is 11.5 Å². The van der Waals surface area contributed by atoms with Crippen LogP contribution in [0.2, 0.25) is 0 Å². The van der Waals surface area contributed by atoms with Gasteiger partial charge in [0.25, 0.3) is 5.69 Å². The Labute approximate surface area is 142 Å². The quantitative estimate of drug-likeness (QED) is 0.536. The molecule has 6 heteroatoms. The lowest BCUT2D eigenvalue weighted by atomic mass is 10.2. The molecule has 0 bridgehead atoms. The molecule has 1 fully saturated rings. The molecule has 0 radical (unpaired) electrons. The normalized spacial score (nSPS) is 15.1. The summed E-state index contributed by atoms with van der Waals surface area (Å²) >= 11 is 5.17. The minimum Gasteiger partial charge on any atom is -0.258 e. The Kier molecular flexibility index (Phi) is 5.00. The van der Waals surface area contributed by atoms with Crippen molar-refractivity contribution in [3.8, 4) is 0 Å². The molecule has 0 atom stereocenters. The van der Waals surface area contributed by atoms with Gasteiger partial charge in [0.15, 0.2) is 0 Å². The predicted molar refractivity (Wildman–Crippen MR) is 96.1 cm³/mol. The molecule has 2 aromatic rings. The van der Waals surface area contributed by atoms with Crippen molar-refractivity contribution in [1.29, 1.82) is 0 Å². The molecule has 114 valence electrons. The van der Waals surface area contributed by atoms with E-state index in [-0.39, 0.29) is 10.6 Å². The maximum atomic E-state index is 11.4. The van der Waals surface area contributed by atoms with E-state index in [0.29, 0.717) is 9.48 Å². The number of thioether (sulfide) groups is 2. The summed E-state index contributed by atoms with van der Waals surface area (Å²) in [6.07, 6.45) is 0. The molecule has 0 unspecified atom stereocenters. The average Bonchev–Trinajstić information content (AvgIpc) is 3.04. The fourth-order valence-electron chi connectivity index (χ4n) is 2.19. The van der Waals surface area contributed by atoms with Gasteiger partial charge in [-0.25, -0.2) is 0 Å². The van der Waals surface area contributed by atoms with Gasteiger partial charge in [0.2, 0.25) is 0 Å². The van der Waals surface area contributed by atoms with E-state index in [2.05, 4.69) is 0 Å². The van der Waals surface area contributed by atoms with Crippen LogP contribution in [0.15, 0.2) is 52.3 Å². The summed E-state index contributed by atoms with van der Waals surface area (Å²) in [5.41, 5.74) is 2.44. The standard InChI is InChI=1S/C16H15NO2S3/c1-11-2-5-13(6-3-11)22-15-7-4-12(10-14(15)17(18)19)16-20-8-9-21-16/h2-7,10,16H,8-9H2,1H3. The van der Waals surface area contributed by atoms with Crippen LogP contribution >= 0.6 is 35.3 Å². The average molecular weight is 350 g/mol. The van der Waals surface area contributed by atoms with Crippen molar-refractivity contribution >= 4 is 41.0 Å². The first-order valence-corrected chi connectivity index (χ1v) is 9.81. The first-order chi connectivity index (χ1) is 10.6. The fourth-order valence-corrected chi connectivity index (χ4v) is 5.93. The molecule has 2 aromatic carbocycles. The van der Waals surface area contributed by atoms with Gasteiger partial charge in [-0.15, -0.1) is 23.5 Å². The second kappa shape index (κ2) is 6.98. The molecule has 22 heavy (non-hydrogen) atoms. The topological polar surface area (TPSA) is 43.1 Å². The van der Waals surface area contributed by atoms with Crippen molar-refractivity contribution in [2.45, 2.75) is 21.3 Å². The van der Waals surface area contributed by atoms with Gasteiger partial charge < -0.3 is 0 Å². The molecule has 0 spiro atoms. The Balaban J connectivity index is 1.89. The van der Waals surface area contributed by atoms with Crippen LogP contribution in [0.25, 0.3) is 0 Å². The van der Waals surface area contributed by atoms with Crippen molar-refractivity contribution < 1.29 is 4.92 Å². The maximum Gasteiger partial charge on any atom is 0.283 e. The largest absolute Gasteiger partial charge is 0.283 e. The highest BCUT2D eigenvalue weighted by atomic mass is 32.2. The Morgan fingerprint density at radius 3 is 2.45 bits per heavy atom. The van der Waals surface area contributed by atoms with Gasteiger partial charge in [-0.2, -0.15) is 0 Å². The summed E-state index contributed by atoms with van der Waals surface area (Å²) in [4.78, 5) is 12.9. The molecule has 0 saturated carbocycles. The molecule has 3 rings (SSSR count). The van der Waals surface area contributed by atoms with E-state index in [1.54, 1.807) is 6.07 Å². The Bertz CT molecular complexity index is 682. The van der Waals surface area contributed by atoms with Crippen LogP contribution < -0.4 is 0 Å². The number of nitro benzene ring substituents is 1. The van der Waals surface area contributed by atoms with Crippen molar-refractivity contribution in [2.24, 2.45) is 0 Å². The van der Waals surface area contributed by atoms with E-state index >= 15 is 0 Å². The SMILES string of the molecule is Cc1ccc(Sc2ccc(C3SCCS3)cc2[N+](=O)[O-])cc1. The zero-order valence-corrected chi connectivity index (χ0v) is 14.5. The number of hydrogen-bond donors (Lipinski definition) is 0. The monoisotopic (exact) mass is 349 g/mol. The third kappa shape index (κ3) is 3.62. The van der Waals surface area contributed by atoms with E-state index in [4.69, 9.17) is 0 Å². The first-order valence-electron chi connectivity index (χ1n) is 6.89. The zero-order chi connectivity index (χ0) is 15.5. The van der Waals surface area contributed by atoms with Gasteiger partial charge in [0.05, 0.1) is 14.4 Å². The lowest BCUT2D eigenvalue weighted by molar-refractivity contribution is -0.387. The number of rotatable bonds is 4. The summed E-state index contributed by atoms with van der Waals surface area (Å²) in [6.45, 7) is 2.03. The number of nitrogens with zero attached hydrogens (tertiary/aromatic N) is 1. The van der Waals surface area contributed by atoms with Crippen molar-refractivity contribution in [3.63, 3.8) is 0 Å². The summed E-state index contributed by atoms with van der Waals surface area (Å²) in [5.74, 6) is 2.23. The first kappa shape index (κ1) is 15.8. The Morgan fingerprint density at radius 1 is 1.14 bits per heavy atom. The van der Waals surface area contributed by atoms with Gasteiger partial charge in [-0.05, 0) is 30.7 Å². The lowest BCUT2D eigenvalue weighted by Crippen LogP contribution is -1.94. The van der Waals surface area contributed by atoms with Gasteiger partial charge in [0.1, 0.15) is 0 Å². The van der Waals surface area contributed by atoms with E-state index in [1.165, 1.54) is 17.3 Å². The van der Waals surface area contributed by atoms with Crippen LogP contribution in [0.3, 0.4) is 0 Å². The third-order valence-electron chi connectivity index (χ3n) is 3.32. The highest BCUT2D eigenvalue weighted by molar-refractivity contribution is 8.19. The summed E-state index contributed by atoms with van der Waals surface area (Å²) in [7, 11) is 0. The van der Waals surface area contributed by atoms with Crippen molar-refractivity contribution in [3.05, 3.63) is 63.7 Å². The Morgan fingerprint density at radius 2 is 1.82 bits per heavy atom. The highest BCUT2D eigenvalue weighted by Crippen LogP contribution is 2.47. The Hall–Kier alpha value is -1.11. The molecule has 0 aliphatic carbocycles. The van der Waals surface area contributed by atoms with Gasteiger partial charge in [-0.3, -0.25) is 10.1 Å². The molecule has 0 amide bonds. The van der Waals surface area contributed by atoms with Crippen LogP contribution in [0.4, 0.5) is 5.69 Å². The number of hydrogen-bond acceptors (Lipinski definition) is 5. The molecule has 1 saturated heterocycles. The fraction of sp³-hybridized carbons (Fsp3) is 0.250. The minimum absolute atomic E-state index is 0.205. The van der Waals surface area contributed by atoms with E-state index in [1.807, 2.05) is 66.8 Å². The molecule has 0 aromatic heterocycles.